The summed E-state index contributed by atoms with van der Waals surface area (Å²) in [5, 5.41) is 0. The summed E-state index contributed by atoms with van der Waals surface area (Å²) in [6.45, 7) is 6.12. The van der Waals surface area contributed by atoms with E-state index in [0.29, 0.717) is 6.23 Å². The van der Waals surface area contributed by atoms with Gasteiger partial charge in [0.25, 0.3) is 0 Å². The van der Waals surface area contributed by atoms with E-state index >= 15 is 0 Å². The summed E-state index contributed by atoms with van der Waals surface area (Å²) in [6, 6.07) is 0. The molecule has 5 heteroatoms. The molecule has 0 aliphatic rings. The van der Waals surface area contributed by atoms with E-state index in [1.54, 1.807) is 0 Å². The zero-order chi connectivity index (χ0) is 7.49. The maximum absolute atomic E-state index is 9.85. The van der Waals surface area contributed by atoms with E-state index in [9.17, 15) is 8.76 Å². The van der Waals surface area contributed by atoms with Gasteiger partial charge in [-0.15, -0.1) is 0 Å². The van der Waals surface area contributed by atoms with Crippen molar-refractivity contribution in [3.8, 4) is 0 Å². The van der Waals surface area contributed by atoms with Crippen molar-refractivity contribution in [1.29, 1.82) is 0 Å². The molecule has 9 heavy (non-hydrogen) atoms. The number of hydrogen-bond acceptors (Lipinski definition) is 3. The lowest BCUT2D eigenvalue weighted by Crippen LogP contribution is -2.28. The van der Waals surface area contributed by atoms with Crippen LogP contribution in [0.25, 0.3) is 0 Å². The van der Waals surface area contributed by atoms with Crippen LogP contribution >= 0.6 is 0 Å². The molecule has 0 saturated carbocycles. The third kappa shape index (κ3) is 8.29. The van der Waals surface area contributed by atoms with Gasteiger partial charge < -0.3 is 8.74 Å². The molecular formula is C4H11O3SSi-. The fourth-order valence-corrected chi connectivity index (χ4v) is 2.02. The maximum atomic E-state index is 9.85. The van der Waals surface area contributed by atoms with Gasteiger partial charge in [-0.1, -0.05) is 19.6 Å². The minimum absolute atomic E-state index is 0.378. The van der Waals surface area contributed by atoms with Crippen LogP contribution in [-0.4, -0.2) is 23.1 Å². The van der Waals surface area contributed by atoms with Gasteiger partial charge in [-0.2, -0.15) is 0 Å². The second-order valence-electron chi connectivity index (χ2n) is 3.03. The molecule has 0 N–H and O–H groups in total. The van der Waals surface area contributed by atoms with Crippen LogP contribution < -0.4 is 0 Å². The van der Waals surface area contributed by atoms with E-state index in [-0.39, 0.29) is 0 Å². The Balaban J connectivity index is 3.39. The second kappa shape index (κ2) is 3.45. The van der Waals surface area contributed by atoms with Gasteiger partial charge in [0.1, 0.15) is 0 Å². The van der Waals surface area contributed by atoms with Gasteiger partial charge in [0, 0.05) is 0 Å². The molecule has 1 atom stereocenters. The molecule has 0 saturated heterocycles. The molecule has 0 aromatic heterocycles. The van der Waals surface area contributed by atoms with Crippen molar-refractivity contribution >= 4 is 19.4 Å². The Morgan fingerprint density at radius 2 is 2.00 bits per heavy atom. The lowest BCUT2D eigenvalue weighted by molar-refractivity contribution is 0.344. The van der Waals surface area contributed by atoms with Crippen LogP contribution in [0.3, 0.4) is 0 Å². The summed E-state index contributed by atoms with van der Waals surface area (Å²) in [4.78, 5) is 0. The fraction of sp³-hybridized carbons (Fsp3) is 1.00. The Hall–Kier alpha value is 0.287. The van der Waals surface area contributed by atoms with Crippen molar-refractivity contribution in [3.63, 3.8) is 0 Å². The van der Waals surface area contributed by atoms with Crippen molar-refractivity contribution in [2.45, 2.75) is 19.6 Å². The summed E-state index contributed by atoms with van der Waals surface area (Å²) >= 11 is -2.33. The van der Waals surface area contributed by atoms with Crippen LogP contribution in [0.5, 0.6) is 0 Å². The molecule has 0 rings (SSSR count). The second-order valence-corrected chi connectivity index (χ2v) is 9.08. The molecule has 0 amide bonds. The minimum atomic E-state index is -2.33. The monoisotopic (exact) mass is 167 g/mol. The number of rotatable bonds is 3. The molecule has 0 aliphatic carbocycles. The first kappa shape index (κ1) is 9.29. The summed E-state index contributed by atoms with van der Waals surface area (Å²) in [6.07, 6.45) is 0.378. The van der Waals surface area contributed by atoms with Gasteiger partial charge in [0.15, 0.2) is 0 Å². The van der Waals surface area contributed by atoms with Crippen molar-refractivity contribution in [3.05, 3.63) is 0 Å². The molecule has 0 heterocycles. The van der Waals surface area contributed by atoms with Gasteiger partial charge in [-0.25, -0.2) is 4.21 Å². The predicted molar refractivity (Wildman–Crippen MR) is 38.2 cm³/mol. The first-order chi connectivity index (χ1) is 3.92. The molecule has 0 aromatic rings. The zero-order valence-corrected chi connectivity index (χ0v) is 7.66. The minimum Gasteiger partial charge on any atom is -0.750 e. The Bertz CT molecular complexity index is 109. The van der Waals surface area contributed by atoms with Gasteiger partial charge in [-0.05, 0) is 0 Å². The van der Waals surface area contributed by atoms with Gasteiger partial charge >= 0.3 is 0 Å². The zero-order valence-electron chi connectivity index (χ0n) is 5.84. The molecule has 0 fully saturated rings. The van der Waals surface area contributed by atoms with Crippen LogP contribution in [0.4, 0.5) is 0 Å². The van der Waals surface area contributed by atoms with Crippen molar-refractivity contribution in [2.75, 3.05) is 6.23 Å². The molecule has 3 nitrogen and oxygen atoms in total. The predicted octanol–water partition coefficient (Wildman–Crippen LogP) is 0.674. The van der Waals surface area contributed by atoms with Crippen molar-refractivity contribution in [2.24, 2.45) is 0 Å². The van der Waals surface area contributed by atoms with E-state index in [0.717, 1.165) is 0 Å². The standard InChI is InChI=1S/C4H12O3SSi/c1-9(2,3)4-7-8(5)6/h4H2,1-3H3,(H,5,6)/p-1. The van der Waals surface area contributed by atoms with Gasteiger partial charge in [0.2, 0.25) is 0 Å². The average Bonchev–Trinajstić information content (AvgIpc) is 1.59. The van der Waals surface area contributed by atoms with Gasteiger partial charge in [-0.3, -0.25) is 0 Å². The summed E-state index contributed by atoms with van der Waals surface area (Å²) < 4.78 is 24.1. The first-order valence-corrected chi connectivity index (χ1v) is 7.35. The highest BCUT2D eigenvalue weighted by Gasteiger charge is 2.12. The molecule has 56 valence electrons. The van der Waals surface area contributed by atoms with Crippen LogP contribution in [0.15, 0.2) is 0 Å². The van der Waals surface area contributed by atoms with Crippen molar-refractivity contribution in [1.82, 2.24) is 0 Å². The molecule has 0 aliphatic heterocycles. The van der Waals surface area contributed by atoms with E-state index in [1.165, 1.54) is 0 Å². The van der Waals surface area contributed by atoms with Crippen molar-refractivity contribution < 1.29 is 12.9 Å². The summed E-state index contributed by atoms with van der Waals surface area (Å²) in [7, 11) is -1.34. The highest BCUT2D eigenvalue weighted by Crippen LogP contribution is 2.00. The highest BCUT2D eigenvalue weighted by molar-refractivity contribution is 7.74. The Labute approximate surface area is 58.9 Å². The quantitative estimate of drug-likeness (QED) is 0.458. The summed E-state index contributed by atoms with van der Waals surface area (Å²) in [5.41, 5.74) is 0. The van der Waals surface area contributed by atoms with Crippen LogP contribution in [0.1, 0.15) is 0 Å². The third-order valence-corrected chi connectivity index (χ3v) is 2.12. The lowest BCUT2D eigenvalue weighted by Gasteiger charge is -2.15. The van der Waals surface area contributed by atoms with E-state index in [4.69, 9.17) is 0 Å². The SMILES string of the molecule is C[Si](C)(C)COS(=O)[O-]. The molecule has 1 unspecified atom stereocenters. The largest absolute Gasteiger partial charge is 0.750 e. The molecule has 0 bridgehead atoms. The van der Waals surface area contributed by atoms with Crippen LogP contribution in [-0.2, 0) is 15.5 Å². The smallest absolute Gasteiger partial charge is 0.0838 e. The third-order valence-electron chi connectivity index (χ3n) is 0.588. The van der Waals surface area contributed by atoms with E-state index < -0.39 is 19.4 Å². The Morgan fingerprint density at radius 3 is 2.11 bits per heavy atom. The van der Waals surface area contributed by atoms with E-state index in [1.807, 2.05) is 19.6 Å². The molecule has 0 aromatic carbocycles. The fourth-order valence-electron chi connectivity index (χ4n) is 0.225. The van der Waals surface area contributed by atoms with Crippen LogP contribution in [0, 0.1) is 0 Å². The average molecular weight is 167 g/mol. The Kier molecular flexibility index (Phi) is 3.56. The van der Waals surface area contributed by atoms with Gasteiger partial charge in [0.05, 0.1) is 25.7 Å². The van der Waals surface area contributed by atoms with Crippen LogP contribution in [0.2, 0.25) is 19.6 Å². The maximum Gasteiger partial charge on any atom is 0.0838 e. The molecule has 0 spiro atoms. The summed E-state index contributed by atoms with van der Waals surface area (Å²) in [5.74, 6) is 0. The normalized spacial score (nSPS) is 15.6. The molecule has 0 radical (unpaired) electrons. The number of hydrogen-bond donors (Lipinski definition) is 0. The lowest BCUT2D eigenvalue weighted by atomic mass is 11.7. The Morgan fingerprint density at radius 1 is 1.56 bits per heavy atom. The first-order valence-electron chi connectivity index (χ1n) is 2.64. The topological polar surface area (TPSA) is 49.4 Å². The van der Waals surface area contributed by atoms with E-state index in [2.05, 4.69) is 4.18 Å². The molecular weight excluding hydrogens is 156 g/mol. The highest BCUT2D eigenvalue weighted by atomic mass is 32.2.